The average Bonchev–Trinajstić information content (AvgIpc) is 3.13. The molecule has 3 heterocycles. The molecule has 1 saturated heterocycles. The fourth-order valence-electron chi connectivity index (χ4n) is 4.29. The van der Waals surface area contributed by atoms with Crippen molar-refractivity contribution in [3.8, 4) is 0 Å². The first-order valence-electron chi connectivity index (χ1n) is 8.88. The highest BCUT2D eigenvalue weighted by Crippen LogP contribution is 2.41. The molecule has 0 bridgehead atoms. The Bertz CT molecular complexity index is 1050. The maximum absolute atomic E-state index is 13.2. The van der Waals surface area contributed by atoms with Gasteiger partial charge < -0.3 is 9.88 Å². The largest absolute Gasteiger partial charge is 0.356 e. The van der Waals surface area contributed by atoms with Gasteiger partial charge in [-0.25, -0.2) is 0 Å². The van der Waals surface area contributed by atoms with Gasteiger partial charge in [0.15, 0.2) is 5.11 Å². The Morgan fingerprint density at radius 3 is 2.62 bits per heavy atom. The van der Waals surface area contributed by atoms with Gasteiger partial charge in [0.25, 0.3) is 5.91 Å². The number of nitrogens with one attached hydrogen (secondary N) is 1. The lowest BCUT2D eigenvalue weighted by Crippen LogP contribution is -2.42. The summed E-state index contributed by atoms with van der Waals surface area (Å²) in [7, 11) is 0. The van der Waals surface area contributed by atoms with E-state index in [0.29, 0.717) is 11.5 Å². The normalized spacial score (nSPS) is 22.1. The summed E-state index contributed by atoms with van der Waals surface area (Å²) in [6.45, 7) is 4.16. The van der Waals surface area contributed by atoms with Gasteiger partial charge in [-0.3, -0.25) is 9.69 Å². The molecule has 0 unspecified atom stereocenters. The second kappa shape index (κ2) is 5.42. The Morgan fingerprint density at radius 2 is 1.85 bits per heavy atom. The molecule has 1 N–H and O–H groups in total. The first-order valence-corrected chi connectivity index (χ1v) is 9.29. The number of aryl methyl sites for hydroxylation is 1. The van der Waals surface area contributed by atoms with Crippen molar-refractivity contribution < 1.29 is 4.79 Å². The average molecular weight is 361 g/mol. The SMILES string of the molecule is Cc1ccc(N2C(=O)[C@@H]3Cc4c([nH]c5ccccc45)[C@H](C)N3C2=S)cc1. The van der Waals surface area contributed by atoms with E-state index < -0.39 is 0 Å². The summed E-state index contributed by atoms with van der Waals surface area (Å²) in [4.78, 5) is 20.6. The van der Waals surface area contributed by atoms with Crippen molar-refractivity contribution >= 4 is 39.8 Å². The number of nitrogens with zero attached hydrogens (tertiary/aromatic N) is 2. The molecule has 1 fully saturated rings. The highest BCUT2D eigenvalue weighted by atomic mass is 32.1. The number of fused-ring (bicyclic) bond motifs is 4. The van der Waals surface area contributed by atoms with Crippen LogP contribution in [0.25, 0.3) is 10.9 Å². The quantitative estimate of drug-likeness (QED) is 0.664. The highest BCUT2D eigenvalue weighted by molar-refractivity contribution is 7.80. The van der Waals surface area contributed by atoms with Crippen LogP contribution in [0.4, 0.5) is 5.69 Å². The standard InChI is InChI=1S/C21H19N3OS/c1-12-7-9-14(10-8-12)24-20(25)18-11-16-15-5-3-4-6-17(15)22-19(16)13(2)23(18)21(24)26/h3-10,13,18,22H,11H2,1-2H3/t13-,18-/m0/s1. The number of para-hydroxylation sites is 1. The topological polar surface area (TPSA) is 39.3 Å². The number of rotatable bonds is 1. The number of hydrogen-bond donors (Lipinski definition) is 1. The Labute approximate surface area is 157 Å². The van der Waals surface area contributed by atoms with Gasteiger partial charge >= 0.3 is 0 Å². The molecule has 5 rings (SSSR count). The molecule has 2 aromatic carbocycles. The molecular formula is C21H19N3OS. The van der Waals surface area contributed by atoms with Gasteiger partial charge in [0.1, 0.15) is 6.04 Å². The third-order valence-corrected chi connectivity index (χ3v) is 6.02. The van der Waals surface area contributed by atoms with E-state index in [1.807, 2.05) is 43.3 Å². The molecule has 3 aromatic rings. The number of H-pyrrole nitrogens is 1. The number of benzene rings is 2. The van der Waals surface area contributed by atoms with E-state index in [2.05, 4.69) is 28.9 Å². The van der Waals surface area contributed by atoms with Gasteiger partial charge in [0, 0.05) is 23.0 Å². The molecule has 2 atom stereocenters. The summed E-state index contributed by atoms with van der Waals surface area (Å²) in [5.41, 5.74) is 5.55. The molecule has 26 heavy (non-hydrogen) atoms. The fraction of sp³-hybridized carbons (Fsp3) is 0.238. The summed E-state index contributed by atoms with van der Waals surface area (Å²) in [6.07, 6.45) is 0.686. The molecule has 1 aromatic heterocycles. The third-order valence-electron chi connectivity index (χ3n) is 5.62. The third kappa shape index (κ3) is 2.01. The van der Waals surface area contributed by atoms with Crippen LogP contribution in [0.5, 0.6) is 0 Å². The lowest BCUT2D eigenvalue weighted by atomic mass is 9.93. The zero-order valence-corrected chi connectivity index (χ0v) is 15.5. The summed E-state index contributed by atoms with van der Waals surface area (Å²) in [5.74, 6) is 0.0710. The van der Waals surface area contributed by atoms with Gasteiger partial charge in [-0.2, -0.15) is 0 Å². The van der Waals surface area contributed by atoms with E-state index in [-0.39, 0.29) is 18.0 Å². The predicted molar refractivity (Wildman–Crippen MR) is 107 cm³/mol. The second-order valence-corrected chi connectivity index (χ2v) is 7.52. The fourth-order valence-corrected chi connectivity index (χ4v) is 4.77. The molecule has 0 saturated carbocycles. The Balaban J connectivity index is 1.60. The van der Waals surface area contributed by atoms with Crippen LogP contribution >= 0.6 is 12.2 Å². The van der Waals surface area contributed by atoms with Crippen molar-refractivity contribution in [3.63, 3.8) is 0 Å². The number of carbonyl (C=O) groups is 1. The zero-order chi connectivity index (χ0) is 18.0. The van der Waals surface area contributed by atoms with Crippen molar-refractivity contribution in [3.05, 3.63) is 65.4 Å². The molecular weight excluding hydrogens is 342 g/mol. The smallest absolute Gasteiger partial charge is 0.256 e. The van der Waals surface area contributed by atoms with E-state index in [0.717, 1.165) is 11.2 Å². The van der Waals surface area contributed by atoms with Crippen molar-refractivity contribution in [2.75, 3.05) is 4.90 Å². The Hall–Kier alpha value is -2.66. The van der Waals surface area contributed by atoms with Crippen LogP contribution in [0.1, 0.15) is 29.8 Å². The number of amides is 1. The van der Waals surface area contributed by atoms with E-state index in [1.54, 1.807) is 4.90 Å². The van der Waals surface area contributed by atoms with E-state index in [4.69, 9.17) is 12.2 Å². The molecule has 0 radical (unpaired) electrons. The van der Waals surface area contributed by atoms with Crippen molar-refractivity contribution in [1.29, 1.82) is 0 Å². The maximum atomic E-state index is 13.2. The van der Waals surface area contributed by atoms with Crippen LogP contribution in [0.3, 0.4) is 0 Å². The number of carbonyl (C=O) groups excluding carboxylic acids is 1. The first-order chi connectivity index (χ1) is 12.6. The number of aromatic nitrogens is 1. The van der Waals surface area contributed by atoms with Crippen LogP contribution in [0.2, 0.25) is 0 Å². The van der Waals surface area contributed by atoms with Gasteiger partial charge in [0.2, 0.25) is 0 Å². The van der Waals surface area contributed by atoms with E-state index in [1.165, 1.54) is 22.2 Å². The molecule has 2 aliphatic heterocycles. The lowest BCUT2D eigenvalue weighted by molar-refractivity contribution is -0.120. The number of anilines is 1. The molecule has 2 aliphatic rings. The minimum absolute atomic E-state index is 0.0445. The van der Waals surface area contributed by atoms with Gasteiger partial charge in [-0.15, -0.1) is 0 Å². The first kappa shape index (κ1) is 15.6. The lowest BCUT2D eigenvalue weighted by Gasteiger charge is -2.34. The van der Waals surface area contributed by atoms with Crippen LogP contribution in [0.15, 0.2) is 48.5 Å². The van der Waals surface area contributed by atoms with Gasteiger partial charge in [-0.05, 0) is 49.8 Å². The van der Waals surface area contributed by atoms with E-state index >= 15 is 0 Å². The van der Waals surface area contributed by atoms with Crippen molar-refractivity contribution in [1.82, 2.24) is 9.88 Å². The van der Waals surface area contributed by atoms with Crippen molar-refractivity contribution in [2.24, 2.45) is 0 Å². The molecule has 0 spiro atoms. The summed E-state index contributed by atoms with van der Waals surface area (Å²) < 4.78 is 0. The van der Waals surface area contributed by atoms with Crippen LogP contribution in [-0.4, -0.2) is 26.9 Å². The number of aromatic amines is 1. The Morgan fingerprint density at radius 1 is 1.12 bits per heavy atom. The zero-order valence-electron chi connectivity index (χ0n) is 14.7. The van der Waals surface area contributed by atoms with Crippen LogP contribution in [-0.2, 0) is 11.2 Å². The van der Waals surface area contributed by atoms with E-state index in [9.17, 15) is 4.79 Å². The van der Waals surface area contributed by atoms with Gasteiger partial charge in [-0.1, -0.05) is 35.9 Å². The minimum Gasteiger partial charge on any atom is -0.356 e. The molecule has 5 heteroatoms. The Kier molecular flexibility index (Phi) is 3.25. The minimum atomic E-state index is -0.231. The highest BCUT2D eigenvalue weighted by Gasteiger charge is 2.49. The predicted octanol–water partition coefficient (Wildman–Crippen LogP) is 4.10. The number of hydrogen-bond acceptors (Lipinski definition) is 2. The summed E-state index contributed by atoms with van der Waals surface area (Å²) in [6, 6.07) is 16.1. The van der Waals surface area contributed by atoms with Gasteiger partial charge in [0.05, 0.1) is 11.7 Å². The second-order valence-electron chi connectivity index (χ2n) is 7.16. The number of thiocarbonyl (C=S) groups is 1. The molecule has 0 aliphatic carbocycles. The van der Waals surface area contributed by atoms with Crippen molar-refractivity contribution in [2.45, 2.75) is 32.4 Å². The van der Waals surface area contributed by atoms with Crippen LogP contribution < -0.4 is 4.90 Å². The van der Waals surface area contributed by atoms with Crippen LogP contribution in [0, 0.1) is 6.92 Å². The summed E-state index contributed by atoms with van der Waals surface area (Å²) in [5, 5.41) is 1.81. The maximum Gasteiger partial charge on any atom is 0.256 e. The monoisotopic (exact) mass is 361 g/mol. The summed E-state index contributed by atoms with van der Waals surface area (Å²) >= 11 is 5.73. The molecule has 4 nitrogen and oxygen atoms in total. The molecule has 1 amide bonds. The molecule has 130 valence electrons.